The number of imidazole rings is 1. The summed E-state index contributed by atoms with van der Waals surface area (Å²) in [5.41, 5.74) is 1.16. The van der Waals surface area contributed by atoms with E-state index in [1.807, 2.05) is 30.3 Å². The molecule has 3 rings (SSSR count). The monoisotopic (exact) mass is 316 g/mol. The van der Waals surface area contributed by atoms with Gasteiger partial charge in [-0.2, -0.15) is 0 Å². The number of carbonyl (C=O) groups excluding carboxylic acids is 2. The van der Waals surface area contributed by atoms with Crippen molar-refractivity contribution in [2.75, 3.05) is 6.54 Å². The van der Waals surface area contributed by atoms with Gasteiger partial charge < -0.3 is 15.6 Å². The molecule has 1 aliphatic carbocycles. The predicted molar refractivity (Wildman–Crippen MR) is 84.5 cm³/mol. The number of benzene rings is 1. The van der Waals surface area contributed by atoms with Gasteiger partial charge in [0.15, 0.2) is 4.77 Å². The minimum absolute atomic E-state index is 0.0396. The zero-order valence-corrected chi connectivity index (χ0v) is 12.7. The molecule has 2 amide bonds. The van der Waals surface area contributed by atoms with Crippen molar-refractivity contribution in [3.8, 4) is 5.69 Å². The number of nitrogens with one attached hydrogen (secondary N) is 3. The van der Waals surface area contributed by atoms with E-state index >= 15 is 0 Å². The van der Waals surface area contributed by atoms with E-state index in [0.29, 0.717) is 10.5 Å². The number of aromatic amines is 1. The molecule has 1 fully saturated rings. The third-order valence-corrected chi connectivity index (χ3v) is 3.68. The second-order valence-electron chi connectivity index (χ2n) is 5.17. The predicted octanol–water partition coefficient (Wildman–Crippen LogP) is 1.54. The molecule has 0 bridgehead atoms. The van der Waals surface area contributed by atoms with E-state index in [1.165, 1.54) is 0 Å². The Bertz CT molecular complexity index is 746. The van der Waals surface area contributed by atoms with Crippen molar-refractivity contribution >= 4 is 24.0 Å². The lowest BCUT2D eigenvalue weighted by Gasteiger charge is -2.09. The van der Waals surface area contributed by atoms with Crippen LogP contribution in [0.1, 0.15) is 23.3 Å². The number of carbonyl (C=O) groups is 2. The topological polar surface area (TPSA) is 78.9 Å². The average Bonchev–Trinajstić information content (AvgIpc) is 3.25. The van der Waals surface area contributed by atoms with Crippen LogP contribution in [-0.2, 0) is 4.79 Å². The molecule has 0 unspecified atom stereocenters. The molecule has 1 aromatic carbocycles. The van der Waals surface area contributed by atoms with Gasteiger partial charge in [-0.3, -0.25) is 14.2 Å². The Morgan fingerprint density at radius 3 is 2.68 bits per heavy atom. The van der Waals surface area contributed by atoms with Gasteiger partial charge >= 0.3 is 0 Å². The largest absolute Gasteiger partial charge is 0.352 e. The molecular weight excluding hydrogens is 300 g/mol. The fraction of sp³-hybridized carbons (Fsp3) is 0.267. The van der Waals surface area contributed by atoms with Crippen molar-refractivity contribution in [1.29, 1.82) is 0 Å². The lowest BCUT2D eigenvalue weighted by Crippen LogP contribution is -2.38. The molecule has 114 valence electrons. The molecule has 1 aliphatic rings. The highest BCUT2D eigenvalue weighted by molar-refractivity contribution is 7.71. The molecule has 0 spiro atoms. The van der Waals surface area contributed by atoms with Crippen molar-refractivity contribution in [3.63, 3.8) is 0 Å². The smallest absolute Gasteiger partial charge is 0.270 e. The Hall–Kier alpha value is -2.41. The number of rotatable bonds is 5. The summed E-state index contributed by atoms with van der Waals surface area (Å²) in [5.74, 6) is -0.515. The molecule has 1 saturated carbocycles. The second kappa shape index (κ2) is 6.15. The summed E-state index contributed by atoms with van der Waals surface area (Å²) in [7, 11) is 0. The van der Waals surface area contributed by atoms with E-state index in [0.717, 1.165) is 18.5 Å². The third kappa shape index (κ3) is 3.25. The van der Waals surface area contributed by atoms with E-state index in [-0.39, 0.29) is 24.4 Å². The van der Waals surface area contributed by atoms with Gasteiger partial charge in [0, 0.05) is 17.9 Å². The molecule has 0 aliphatic heterocycles. The first-order valence-electron chi connectivity index (χ1n) is 7.08. The Balaban J connectivity index is 1.73. The molecular formula is C15H16N4O2S. The van der Waals surface area contributed by atoms with Crippen LogP contribution in [0.3, 0.4) is 0 Å². The minimum atomic E-state index is -0.345. The summed E-state index contributed by atoms with van der Waals surface area (Å²) in [6.07, 6.45) is 3.58. The summed E-state index contributed by atoms with van der Waals surface area (Å²) < 4.78 is 2.07. The average molecular weight is 316 g/mol. The zero-order valence-electron chi connectivity index (χ0n) is 11.8. The number of hydrogen-bond donors (Lipinski definition) is 3. The van der Waals surface area contributed by atoms with Gasteiger partial charge in [0.2, 0.25) is 5.91 Å². The van der Waals surface area contributed by atoms with Crippen LogP contribution in [0, 0.1) is 4.77 Å². The summed E-state index contributed by atoms with van der Waals surface area (Å²) in [4.78, 5) is 26.8. The van der Waals surface area contributed by atoms with Crippen LogP contribution in [0.4, 0.5) is 0 Å². The summed E-state index contributed by atoms with van der Waals surface area (Å²) in [5, 5.41) is 5.44. The van der Waals surface area contributed by atoms with Gasteiger partial charge in [0.05, 0.1) is 6.54 Å². The first kappa shape index (κ1) is 14.5. The Morgan fingerprint density at radius 2 is 2.00 bits per heavy atom. The van der Waals surface area contributed by atoms with E-state index in [1.54, 1.807) is 10.8 Å². The molecule has 2 aromatic rings. The van der Waals surface area contributed by atoms with E-state index in [2.05, 4.69) is 15.6 Å². The fourth-order valence-corrected chi connectivity index (χ4v) is 2.39. The Labute approximate surface area is 132 Å². The fourth-order valence-electron chi connectivity index (χ4n) is 2.13. The normalized spacial score (nSPS) is 13.6. The third-order valence-electron chi connectivity index (χ3n) is 3.38. The highest BCUT2D eigenvalue weighted by atomic mass is 32.1. The SMILES string of the molecule is O=C(CNC(=O)c1c[nH]c(=S)n1-c1ccccc1)NC1CC1. The van der Waals surface area contributed by atoms with Gasteiger partial charge in [-0.1, -0.05) is 18.2 Å². The number of H-pyrrole nitrogens is 1. The van der Waals surface area contributed by atoms with Gasteiger partial charge in [-0.05, 0) is 37.2 Å². The number of hydrogen-bond acceptors (Lipinski definition) is 3. The highest BCUT2D eigenvalue weighted by Gasteiger charge is 2.23. The maximum atomic E-state index is 12.3. The zero-order chi connectivity index (χ0) is 15.5. The molecule has 1 heterocycles. The van der Waals surface area contributed by atoms with Crippen LogP contribution in [0.5, 0.6) is 0 Å². The quantitative estimate of drug-likeness (QED) is 0.732. The van der Waals surface area contributed by atoms with Crippen molar-refractivity contribution in [3.05, 3.63) is 47.0 Å². The van der Waals surface area contributed by atoms with Crippen LogP contribution < -0.4 is 10.6 Å². The Morgan fingerprint density at radius 1 is 1.27 bits per heavy atom. The summed E-state index contributed by atoms with van der Waals surface area (Å²) >= 11 is 5.22. The molecule has 6 nitrogen and oxygen atoms in total. The molecule has 22 heavy (non-hydrogen) atoms. The standard InChI is InChI=1S/C15H16N4O2S/c20-13(18-10-6-7-10)9-16-14(21)12-8-17-15(22)19(12)11-4-2-1-3-5-11/h1-5,8,10H,6-7,9H2,(H,16,21)(H,17,22)(H,18,20). The Kier molecular flexibility index (Phi) is 4.06. The second-order valence-corrected chi connectivity index (χ2v) is 5.56. The lowest BCUT2D eigenvalue weighted by molar-refractivity contribution is -0.120. The van der Waals surface area contributed by atoms with Crippen LogP contribution in [0.15, 0.2) is 36.5 Å². The van der Waals surface area contributed by atoms with Gasteiger partial charge in [-0.25, -0.2) is 0 Å². The number of amides is 2. The van der Waals surface area contributed by atoms with Gasteiger partial charge in [0.1, 0.15) is 5.69 Å². The first-order valence-corrected chi connectivity index (χ1v) is 7.49. The maximum absolute atomic E-state index is 12.3. The van der Waals surface area contributed by atoms with E-state index in [4.69, 9.17) is 12.2 Å². The van der Waals surface area contributed by atoms with Crippen LogP contribution >= 0.6 is 12.2 Å². The maximum Gasteiger partial charge on any atom is 0.270 e. The molecule has 0 radical (unpaired) electrons. The van der Waals surface area contributed by atoms with E-state index in [9.17, 15) is 9.59 Å². The first-order chi connectivity index (χ1) is 10.6. The lowest BCUT2D eigenvalue weighted by atomic mass is 10.3. The summed E-state index contributed by atoms with van der Waals surface area (Å²) in [6, 6.07) is 9.64. The van der Waals surface area contributed by atoms with Crippen molar-refractivity contribution in [1.82, 2.24) is 20.2 Å². The van der Waals surface area contributed by atoms with Crippen LogP contribution in [0.2, 0.25) is 0 Å². The van der Waals surface area contributed by atoms with Crippen molar-refractivity contribution in [2.24, 2.45) is 0 Å². The summed E-state index contributed by atoms with van der Waals surface area (Å²) in [6.45, 7) is -0.0396. The molecule has 7 heteroatoms. The van der Waals surface area contributed by atoms with Gasteiger partial charge in [0.25, 0.3) is 5.91 Å². The molecule has 3 N–H and O–H groups in total. The molecule has 0 atom stereocenters. The van der Waals surface area contributed by atoms with Crippen molar-refractivity contribution in [2.45, 2.75) is 18.9 Å². The molecule has 0 saturated heterocycles. The highest BCUT2D eigenvalue weighted by Crippen LogP contribution is 2.18. The van der Waals surface area contributed by atoms with Crippen LogP contribution in [0.25, 0.3) is 5.69 Å². The van der Waals surface area contributed by atoms with Crippen molar-refractivity contribution < 1.29 is 9.59 Å². The minimum Gasteiger partial charge on any atom is -0.352 e. The van der Waals surface area contributed by atoms with Gasteiger partial charge in [-0.15, -0.1) is 0 Å². The number of nitrogens with zero attached hydrogens (tertiary/aromatic N) is 1. The number of para-hydroxylation sites is 1. The molecule has 1 aromatic heterocycles. The van der Waals surface area contributed by atoms with Crippen LogP contribution in [-0.4, -0.2) is 34.0 Å². The van der Waals surface area contributed by atoms with E-state index < -0.39 is 0 Å². The number of aromatic nitrogens is 2.